The Morgan fingerprint density at radius 1 is 1.18 bits per heavy atom. The number of piperidine rings is 1. The monoisotopic (exact) mass is 650 g/mol. The van der Waals surface area contributed by atoms with Crippen molar-refractivity contribution < 1.29 is 37.3 Å². The molecule has 1 saturated heterocycles. The number of alkyl halides is 3. The molecule has 3 heterocycles. The van der Waals surface area contributed by atoms with Crippen LogP contribution in [0.25, 0.3) is 11.3 Å². The number of amides is 1. The molecule has 244 valence electrons. The molecule has 0 atom stereocenters. The fourth-order valence-corrected chi connectivity index (χ4v) is 6.13. The number of ether oxygens (including phenoxy) is 2. The molecular weight excluding hydrogens is 613 g/mol. The third-order valence-corrected chi connectivity index (χ3v) is 8.29. The van der Waals surface area contributed by atoms with Crippen LogP contribution < -0.4 is 15.0 Å². The van der Waals surface area contributed by atoms with Crippen LogP contribution in [0.15, 0.2) is 30.6 Å². The maximum atomic E-state index is 13.9. The minimum atomic E-state index is -4.65. The van der Waals surface area contributed by atoms with E-state index < -0.39 is 23.6 Å². The van der Waals surface area contributed by atoms with E-state index in [-0.39, 0.29) is 28.1 Å². The maximum absolute atomic E-state index is 13.9. The molecule has 0 unspecified atom stereocenters. The van der Waals surface area contributed by atoms with Crippen molar-refractivity contribution in [2.45, 2.75) is 39.4 Å². The lowest BCUT2D eigenvalue weighted by Crippen LogP contribution is -2.36. The van der Waals surface area contributed by atoms with E-state index in [0.29, 0.717) is 74.5 Å². The number of carbonyl (C=O) groups excluding carboxylic acids is 1. The molecule has 1 fully saturated rings. The van der Waals surface area contributed by atoms with Gasteiger partial charge in [-0.1, -0.05) is 25.2 Å². The number of nitrogens with zero attached hydrogens (tertiary/aromatic N) is 5. The number of hydrogen-bond acceptors (Lipinski definition) is 10. The second-order valence-electron chi connectivity index (χ2n) is 11.1. The molecule has 1 aliphatic heterocycles. The van der Waals surface area contributed by atoms with E-state index >= 15 is 0 Å². The number of methoxy groups -OCH3 is 2. The molecule has 0 bridgehead atoms. The fraction of sp³-hybridized carbons (Fsp3) is 0.500. The first-order valence-electron chi connectivity index (χ1n) is 14.5. The minimum absolute atomic E-state index is 0.0304. The highest BCUT2D eigenvalue weighted by Gasteiger charge is 2.35. The minimum Gasteiger partial charge on any atom is -0.496 e. The van der Waals surface area contributed by atoms with Crippen molar-refractivity contribution in [2.75, 3.05) is 57.2 Å². The van der Waals surface area contributed by atoms with E-state index in [1.807, 2.05) is 4.90 Å². The third-order valence-electron chi connectivity index (χ3n) is 7.34. The number of hydrogen-bond donors (Lipinski definition) is 2. The average Bonchev–Trinajstić information content (AvgIpc) is 3.40. The summed E-state index contributed by atoms with van der Waals surface area (Å²) in [7, 11) is 2.79. The van der Waals surface area contributed by atoms with Gasteiger partial charge >= 0.3 is 12.1 Å². The summed E-state index contributed by atoms with van der Waals surface area (Å²) >= 11 is 1.18. The van der Waals surface area contributed by atoms with Gasteiger partial charge in [0.25, 0.3) is 5.91 Å². The number of carboxylic acid groups (broad SMARTS) is 1. The average molecular weight is 651 g/mol. The van der Waals surface area contributed by atoms with E-state index in [1.54, 1.807) is 7.11 Å². The summed E-state index contributed by atoms with van der Waals surface area (Å²) < 4.78 is 51.8. The van der Waals surface area contributed by atoms with Crippen molar-refractivity contribution in [1.29, 1.82) is 0 Å². The van der Waals surface area contributed by atoms with Gasteiger partial charge in [0.05, 0.1) is 43.3 Å². The lowest BCUT2D eigenvalue weighted by atomic mass is 9.97. The normalized spacial score (nSPS) is 14.3. The lowest BCUT2D eigenvalue weighted by Gasteiger charge is -2.30. The largest absolute Gasteiger partial charge is 0.496 e. The first kappa shape index (κ1) is 34.1. The molecule has 2 aromatic heterocycles. The molecule has 2 N–H and O–H groups in total. The molecule has 0 saturated carbocycles. The second-order valence-corrected chi connectivity index (χ2v) is 12.2. The number of halogens is 3. The molecule has 4 rings (SSSR count). The van der Waals surface area contributed by atoms with Crippen LogP contribution in [0.4, 0.5) is 24.1 Å². The summed E-state index contributed by atoms with van der Waals surface area (Å²) in [4.78, 5) is 42.3. The molecule has 1 aromatic carbocycles. The zero-order valence-electron chi connectivity index (χ0n) is 25.6. The zero-order valence-corrected chi connectivity index (χ0v) is 26.4. The summed E-state index contributed by atoms with van der Waals surface area (Å²) in [6, 6.07) is 3.79. The molecule has 0 radical (unpaired) electrons. The number of benzene rings is 1. The summed E-state index contributed by atoms with van der Waals surface area (Å²) in [5.41, 5.74) is -0.335. The van der Waals surface area contributed by atoms with Crippen molar-refractivity contribution in [1.82, 2.24) is 19.9 Å². The number of nitrogens with one attached hydrogen (secondary N) is 1. The van der Waals surface area contributed by atoms with Gasteiger partial charge in [-0.3, -0.25) is 19.8 Å². The lowest BCUT2D eigenvalue weighted by molar-refractivity contribution is -0.142. The summed E-state index contributed by atoms with van der Waals surface area (Å²) in [5.74, 6) is -1.21. The van der Waals surface area contributed by atoms with Crippen LogP contribution in [-0.4, -0.2) is 83.8 Å². The van der Waals surface area contributed by atoms with Gasteiger partial charge in [-0.25, -0.2) is 15.0 Å². The van der Waals surface area contributed by atoms with Crippen molar-refractivity contribution in [2.24, 2.45) is 11.8 Å². The van der Waals surface area contributed by atoms with Crippen molar-refractivity contribution in [3.63, 3.8) is 0 Å². The Bertz CT molecular complexity index is 1460. The predicted octanol–water partition coefficient (Wildman–Crippen LogP) is 5.29. The maximum Gasteiger partial charge on any atom is 0.419 e. The van der Waals surface area contributed by atoms with Gasteiger partial charge in [-0.2, -0.15) is 13.2 Å². The smallest absolute Gasteiger partial charge is 0.419 e. The van der Waals surface area contributed by atoms with Crippen molar-refractivity contribution >= 4 is 34.2 Å². The van der Waals surface area contributed by atoms with Crippen LogP contribution in [0, 0.1) is 11.8 Å². The highest BCUT2D eigenvalue weighted by molar-refractivity contribution is 7.16. The van der Waals surface area contributed by atoms with Crippen LogP contribution in [-0.2, 0) is 22.3 Å². The number of rotatable bonds is 13. The van der Waals surface area contributed by atoms with Gasteiger partial charge in [0.2, 0.25) is 0 Å². The Balaban J connectivity index is 1.59. The number of thiazole rings is 1. The molecule has 1 amide bonds. The van der Waals surface area contributed by atoms with Crippen LogP contribution in [0.2, 0.25) is 0 Å². The molecule has 1 aliphatic rings. The van der Waals surface area contributed by atoms with Crippen molar-refractivity contribution in [3.05, 3.63) is 46.7 Å². The van der Waals surface area contributed by atoms with Crippen LogP contribution in [0.3, 0.4) is 0 Å². The molecule has 15 heteroatoms. The van der Waals surface area contributed by atoms with Gasteiger partial charge < -0.3 is 19.5 Å². The predicted molar refractivity (Wildman–Crippen MR) is 164 cm³/mol. The van der Waals surface area contributed by atoms with Gasteiger partial charge in [0, 0.05) is 50.3 Å². The Kier molecular flexibility index (Phi) is 11.3. The Morgan fingerprint density at radius 2 is 1.91 bits per heavy atom. The quantitative estimate of drug-likeness (QED) is 0.252. The molecule has 11 nitrogen and oxygen atoms in total. The molecular formula is C30H37F3N6O5S. The topological polar surface area (TPSA) is 130 Å². The Morgan fingerprint density at radius 3 is 2.49 bits per heavy atom. The van der Waals surface area contributed by atoms with Gasteiger partial charge in [-0.15, -0.1) is 0 Å². The molecule has 45 heavy (non-hydrogen) atoms. The number of carbonyl (C=O) groups is 2. The van der Waals surface area contributed by atoms with Gasteiger partial charge in [-0.05, 0) is 37.0 Å². The van der Waals surface area contributed by atoms with Gasteiger partial charge in [0.1, 0.15) is 17.3 Å². The van der Waals surface area contributed by atoms with Crippen LogP contribution in [0.5, 0.6) is 5.75 Å². The van der Waals surface area contributed by atoms with E-state index in [4.69, 9.17) is 9.47 Å². The first-order valence-corrected chi connectivity index (χ1v) is 15.3. The molecule has 0 aliphatic carbocycles. The SMILES string of the molecule is COCCN(Cc1sc(NC(=O)c2cnc(N3CCC(C(=O)O)CC3)cn2)nc1-c1ccc(OC)c(C(F)(F)F)c1)CC(C)C. The number of carboxylic acids is 1. The highest BCUT2D eigenvalue weighted by Crippen LogP contribution is 2.40. The van der Waals surface area contributed by atoms with Gasteiger partial charge in [0.15, 0.2) is 5.13 Å². The molecule has 3 aromatic rings. The number of aliphatic carboxylic acids is 1. The fourth-order valence-electron chi connectivity index (χ4n) is 5.11. The Labute approximate surface area is 263 Å². The van der Waals surface area contributed by atoms with E-state index in [9.17, 15) is 27.9 Å². The van der Waals surface area contributed by atoms with E-state index in [2.05, 4.69) is 39.0 Å². The molecule has 0 spiro atoms. The number of aromatic nitrogens is 3. The summed E-state index contributed by atoms with van der Waals surface area (Å²) in [6.45, 7) is 7.34. The standard InChI is InChI=1S/C30H37F3N6O5S/c1-18(2)16-38(11-12-43-3)17-24-26(20-5-6-23(44-4)21(13-20)30(31,32)33)36-29(45-24)37-27(40)22-14-35-25(15-34-22)39-9-7-19(8-10-39)28(41)42/h5-6,13-15,18-19H,7-12,16-17H2,1-4H3,(H,41,42)(H,36,37,40). The van der Waals surface area contributed by atoms with Crippen molar-refractivity contribution in [3.8, 4) is 17.0 Å². The third kappa shape index (κ3) is 8.89. The summed E-state index contributed by atoms with van der Waals surface area (Å²) in [5, 5.41) is 12.2. The number of anilines is 2. The zero-order chi connectivity index (χ0) is 32.7. The first-order chi connectivity index (χ1) is 21.4. The van der Waals surface area contributed by atoms with Crippen LogP contribution in [0.1, 0.15) is 47.6 Å². The summed E-state index contributed by atoms with van der Waals surface area (Å²) in [6.07, 6.45) is -0.866. The highest BCUT2D eigenvalue weighted by atomic mass is 32.1. The van der Waals surface area contributed by atoms with E-state index in [0.717, 1.165) is 6.07 Å². The van der Waals surface area contributed by atoms with Crippen LogP contribution >= 0.6 is 11.3 Å². The Hall–Kier alpha value is -3.82. The van der Waals surface area contributed by atoms with E-state index in [1.165, 1.54) is 43.0 Å². The second kappa shape index (κ2) is 15.0.